The van der Waals surface area contributed by atoms with Crippen LogP contribution >= 0.6 is 34.8 Å². The zero-order valence-corrected chi connectivity index (χ0v) is 14.4. The van der Waals surface area contributed by atoms with Crippen molar-refractivity contribution >= 4 is 40.8 Å². The summed E-state index contributed by atoms with van der Waals surface area (Å²) in [5, 5.41) is 11.9. The Morgan fingerprint density at radius 2 is 1.96 bits per heavy atom. The average Bonchev–Trinajstić information content (AvgIpc) is 2.95. The van der Waals surface area contributed by atoms with E-state index in [2.05, 4.69) is 15.5 Å². The minimum absolute atomic E-state index is 0.0374. The number of ether oxygens (including phenoxy) is 2. The summed E-state index contributed by atoms with van der Waals surface area (Å²) < 4.78 is 11.9. The second kappa shape index (κ2) is 8.33. The number of carbonyl (C=O) groups is 1. The summed E-state index contributed by atoms with van der Waals surface area (Å²) in [5.41, 5.74) is 0. The van der Waals surface area contributed by atoms with Crippen molar-refractivity contribution in [2.45, 2.75) is 26.5 Å². The standard InChI is InChI=1S/C13H13Cl3N4O3/c1-2-3-20-12(17-18-19-20)6-23-13(21)7-22-11-5-9(15)8(14)4-10(11)16/h4-5H,2-3,6-7H2,1H3. The molecule has 0 amide bonds. The van der Waals surface area contributed by atoms with E-state index in [1.165, 1.54) is 12.1 Å². The molecule has 0 saturated heterocycles. The Balaban J connectivity index is 1.86. The van der Waals surface area contributed by atoms with Gasteiger partial charge in [0.2, 0.25) is 0 Å². The zero-order chi connectivity index (χ0) is 16.8. The molecule has 1 aromatic heterocycles. The van der Waals surface area contributed by atoms with E-state index in [0.29, 0.717) is 17.4 Å². The molecule has 1 aromatic carbocycles. The molecule has 0 atom stereocenters. The fraction of sp³-hybridized carbons (Fsp3) is 0.385. The van der Waals surface area contributed by atoms with Crippen molar-refractivity contribution in [3.8, 4) is 5.75 Å². The first kappa shape index (κ1) is 17.8. The van der Waals surface area contributed by atoms with Crippen LogP contribution in [0.1, 0.15) is 19.2 Å². The second-order valence-electron chi connectivity index (χ2n) is 4.46. The summed E-state index contributed by atoms with van der Waals surface area (Å²) in [6.07, 6.45) is 0.866. The smallest absolute Gasteiger partial charge is 0.344 e. The minimum Gasteiger partial charge on any atom is -0.480 e. The van der Waals surface area contributed by atoms with Crippen LogP contribution in [0.25, 0.3) is 0 Å². The minimum atomic E-state index is -0.585. The van der Waals surface area contributed by atoms with Gasteiger partial charge in [0.05, 0.1) is 15.1 Å². The van der Waals surface area contributed by atoms with Crippen LogP contribution < -0.4 is 4.74 Å². The first-order valence-electron chi connectivity index (χ1n) is 6.69. The molecule has 0 N–H and O–H groups in total. The maximum Gasteiger partial charge on any atom is 0.344 e. The molecule has 0 aliphatic heterocycles. The quantitative estimate of drug-likeness (QED) is 0.543. The molecule has 1 heterocycles. The summed E-state index contributed by atoms with van der Waals surface area (Å²) in [6.45, 7) is 2.28. The average molecular weight is 380 g/mol. The van der Waals surface area contributed by atoms with E-state index in [1.54, 1.807) is 4.68 Å². The molecule has 0 aliphatic rings. The monoisotopic (exact) mass is 378 g/mol. The van der Waals surface area contributed by atoms with Crippen molar-refractivity contribution in [3.05, 3.63) is 33.0 Å². The number of hydrogen-bond donors (Lipinski definition) is 0. The van der Waals surface area contributed by atoms with Gasteiger partial charge < -0.3 is 9.47 Å². The molecular formula is C13H13Cl3N4O3. The Bertz CT molecular complexity index is 693. The van der Waals surface area contributed by atoms with Gasteiger partial charge in [-0.1, -0.05) is 41.7 Å². The van der Waals surface area contributed by atoms with Crippen molar-refractivity contribution in [3.63, 3.8) is 0 Å². The third-order valence-electron chi connectivity index (χ3n) is 2.72. The van der Waals surface area contributed by atoms with Crippen molar-refractivity contribution < 1.29 is 14.3 Å². The predicted molar refractivity (Wildman–Crippen MR) is 84.9 cm³/mol. The summed E-state index contributed by atoms with van der Waals surface area (Å²) in [6, 6.07) is 2.87. The van der Waals surface area contributed by atoms with Crippen LogP contribution in [0.5, 0.6) is 5.75 Å². The van der Waals surface area contributed by atoms with E-state index in [-0.39, 0.29) is 29.0 Å². The van der Waals surface area contributed by atoms with Gasteiger partial charge in [0, 0.05) is 12.6 Å². The Kier molecular flexibility index (Phi) is 6.44. The van der Waals surface area contributed by atoms with Gasteiger partial charge in [0.1, 0.15) is 5.75 Å². The summed E-state index contributed by atoms with van der Waals surface area (Å²) in [7, 11) is 0. The number of tetrazole rings is 1. The van der Waals surface area contributed by atoms with Gasteiger partial charge in [-0.3, -0.25) is 0 Å². The lowest BCUT2D eigenvalue weighted by Crippen LogP contribution is -2.16. The third kappa shape index (κ3) is 4.95. The lowest BCUT2D eigenvalue weighted by atomic mass is 10.3. The van der Waals surface area contributed by atoms with Crippen molar-refractivity contribution in [2.75, 3.05) is 6.61 Å². The van der Waals surface area contributed by atoms with E-state index in [0.717, 1.165) is 6.42 Å². The molecule has 2 rings (SSSR count). The molecule has 0 aliphatic carbocycles. The maximum absolute atomic E-state index is 11.7. The molecule has 2 aromatic rings. The number of aryl methyl sites for hydroxylation is 1. The number of nitrogens with zero attached hydrogens (tertiary/aromatic N) is 4. The second-order valence-corrected chi connectivity index (χ2v) is 5.69. The summed E-state index contributed by atoms with van der Waals surface area (Å²) in [4.78, 5) is 11.7. The van der Waals surface area contributed by atoms with Crippen LogP contribution in [0, 0.1) is 0 Å². The highest BCUT2D eigenvalue weighted by atomic mass is 35.5. The summed E-state index contributed by atoms with van der Waals surface area (Å²) in [5.74, 6) is 0.125. The van der Waals surface area contributed by atoms with Gasteiger partial charge in [0.15, 0.2) is 19.0 Å². The molecular weight excluding hydrogens is 367 g/mol. The number of benzene rings is 1. The van der Waals surface area contributed by atoms with Crippen LogP contribution in [-0.4, -0.2) is 32.8 Å². The Morgan fingerprint density at radius 3 is 2.70 bits per heavy atom. The fourth-order valence-corrected chi connectivity index (χ4v) is 2.24. The van der Waals surface area contributed by atoms with Gasteiger partial charge >= 0.3 is 5.97 Å². The van der Waals surface area contributed by atoms with Gasteiger partial charge in [-0.2, -0.15) is 0 Å². The van der Waals surface area contributed by atoms with Crippen LogP contribution in [0.15, 0.2) is 12.1 Å². The van der Waals surface area contributed by atoms with Crippen LogP contribution in [0.3, 0.4) is 0 Å². The molecule has 0 unspecified atom stereocenters. The number of aromatic nitrogens is 4. The van der Waals surface area contributed by atoms with Crippen molar-refractivity contribution in [1.29, 1.82) is 0 Å². The molecule has 7 nitrogen and oxygen atoms in total. The van der Waals surface area contributed by atoms with Gasteiger partial charge in [-0.15, -0.1) is 5.10 Å². The molecule has 0 radical (unpaired) electrons. The number of esters is 1. The zero-order valence-electron chi connectivity index (χ0n) is 12.1. The Labute approximate surface area is 147 Å². The van der Waals surface area contributed by atoms with Gasteiger partial charge in [0.25, 0.3) is 0 Å². The first-order valence-corrected chi connectivity index (χ1v) is 7.82. The lowest BCUT2D eigenvalue weighted by molar-refractivity contribution is -0.147. The van der Waals surface area contributed by atoms with E-state index in [4.69, 9.17) is 44.3 Å². The lowest BCUT2D eigenvalue weighted by Gasteiger charge is -2.09. The molecule has 0 saturated carbocycles. The first-order chi connectivity index (χ1) is 11.0. The summed E-state index contributed by atoms with van der Waals surface area (Å²) >= 11 is 17.6. The van der Waals surface area contributed by atoms with Crippen LogP contribution in [-0.2, 0) is 22.7 Å². The molecule has 0 fully saturated rings. The predicted octanol–water partition coefficient (Wildman–Crippen LogP) is 3.17. The van der Waals surface area contributed by atoms with E-state index < -0.39 is 5.97 Å². The number of rotatable bonds is 7. The van der Waals surface area contributed by atoms with Gasteiger partial charge in [-0.25, -0.2) is 9.48 Å². The third-order valence-corrected chi connectivity index (χ3v) is 3.74. The number of hydrogen-bond acceptors (Lipinski definition) is 6. The normalized spacial score (nSPS) is 10.6. The van der Waals surface area contributed by atoms with E-state index in [9.17, 15) is 4.79 Å². The van der Waals surface area contributed by atoms with Crippen LogP contribution in [0.2, 0.25) is 15.1 Å². The topological polar surface area (TPSA) is 79.1 Å². The Morgan fingerprint density at radius 1 is 1.22 bits per heavy atom. The molecule has 0 bridgehead atoms. The van der Waals surface area contributed by atoms with Crippen LogP contribution in [0.4, 0.5) is 0 Å². The highest BCUT2D eigenvalue weighted by Crippen LogP contribution is 2.33. The SMILES string of the molecule is CCCn1nnnc1COC(=O)COc1cc(Cl)c(Cl)cc1Cl. The van der Waals surface area contributed by atoms with Crippen molar-refractivity contribution in [2.24, 2.45) is 0 Å². The highest BCUT2D eigenvalue weighted by molar-refractivity contribution is 6.43. The van der Waals surface area contributed by atoms with E-state index >= 15 is 0 Å². The van der Waals surface area contributed by atoms with Crippen molar-refractivity contribution in [1.82, 2.24) is 20.2 Å². The fourth-order valence-electron chi connectivity index (χ4n) is 1.65. The molecule has 0 spiro atoms. The highest BCUT2D eigenvalue weighted by Gasteiger charge is 2.12. The molecule has 10 heteroatoms. The molecule has 124 valence electrons. The van der Waals surface area contributed by atoms with E-state index in [1.807, 2.05) is 6.92 Å². The number of carbonyl (C=O) groups excluding carboxylic acids is 1. The number of halogens is 3. The maximum atomic E-state index is 11.7. The largest absolute Gasteiger partial charge is 0.480 e. The Hall–Kier alpha value is -1.57. The molecule has 23 heavy (non-hydrogen) atoms. The van der Waals surface area contributed by atoms with Gasteiger partial charge in [-0.05, 0) is 22.9 Å².